The minimum Gasteiger partial charge on any atom is -0.374 e. The topological polar surface area (TPSA) is 46.8 Å². The number of likely N-dealkylation sites (tertiary alicyclic amines) is 1. The van der Waals surface area contributed by atoms with Crippen LogP contribution in [0.3, 0.4) is 0 Å². The van der Waals surface area contributed by atoms with Crippen molar-refractivity contribution in [1.29, 1.82) is 0 Å². The third kappa shape index (κ3) is 6.19. The van der Waals surface area contributed by atoms with E-state index in [4.69, 9.17) is 28.3 Å². The third-order valence-corrected chi connectivity index (χ3v) is 6.85. The van der Waals surface area contributed by atoms with Gasteiger partial charge < -0.3 is 4.90 Å². The molecule has 3 aromatic rings. The molecule has 1 aliphatic rings. The minimum atomic E-state index is -0.267. The highest BCUT2D eigenvalue weighted by molar-refractivity contribution is 6.36. The molecule has 1 aliphatic heterocycles. The van der Waals surface area contributed by atoms with E-state index < -0.39 is 0 Å². The number of piperidine rings is 1. The van der Waals surface area contributed by atoms with Gasteiger partial charge >= 0.3 is 0 Å². The van der Waals surface area contributed by atoms with Gasteiger partial charge in [-0.1, -0.05) is 48.0 Å². The van der Waals surface area contributed by atoms with Gasteiger partial charge in [0.05, 0.1) is 11.4 Å². The van der Waals surface area contributed by atoms with Crippen LogP contribution in [0.25, 0.3) is 5.95 Å². The number of halogens is 3. The molecule has 8 heteroatoms. The fraction of sp³-hybridized carbons (Fsp3) is 0.296. The van der Waals surface area contributed by atoms with Gasteiger partial charge in [-0.2, -0.15) is 5.10 Å². The van der Waals surface area contributed by atoms with E-state index in [1.165, 1.54) is 12.2 Å². The fourth-order valence-corrected chi connectivity index (χ4v) is 4.84. The number of aromatic nitrogens is 4. The van der Waals surface area contributed by atoms with Crippen LogP contribution in [0.4, 0.5) is 4.39 Å². The standard InChI is InChI=1S/C27H28Cl2FN5/c1-3-21(30)9-4-10-22-17-26(35(33-22)27-31-13-7-14-32-27)20-8-6-15-34(18-20)19(2)16-23-24(28)11-5-12-25(23)29/h3-5,7,9,11-14,17,20H,2,6,8,10,15-16,18H2,1H3/b9-4-,21-3+. The molecule has 1 unspecified atom stereocenters. The Balaban J connectivity index is 1.57. The molecule has 0 spiro atoms. The summed E-state index contributed by atoms with van der Waals surface area (Å²) in [6, 6.07) is 9.41. The highest BCUT2D eigenvalue weighted by Crippen LogP contribution is 2.33. The monoisotopic (exact) mass is 511 g/mol. The largest absolute Gasteiger partial charge is 0.374 e. The van der Waals surface area contributed by atoms with E-state index in [9.17, 15) is 4.39 Å². The Morgan fingerprint density at radius 3 is 2.66 bits per heavy atom. The van der Waals surface area contributed by atoms with Crippen molar-refractivity contribution in [3.63, 3.8) is 0 Å². The Kier molecular flexibility index (Phi) is 8.37. The Labute approximate surface area is 215 Å². The van der Waals surface area contributed by atoms with Crippen LogP contribution < -0.4 is 0 Å². The van der Waals surface area contributed by atoms with E-state index in [0.29, 0.717) is 28.8 Å². The van der Waals surface area contributed by atoms with Crippen LogP contribution in [0, 0.1) is 0 Å². The summed E-state index contributed by atoms with van der Waals surface area (Å²) < 4.78 is 15.3. The lowest BCUT2D eigenvalue weighted by atomic mass is 9.93. The molecule has 0 amide bonds. The van der Waals surface area contributed by atoms with Crippen molar-refractivity contribution < 1.29 is 4.39 Å². The summed E-state index contributed by atoms with van der Waals surface area (Å²) >= 11 is 12.8. The van der Waals surface area contributed by atoms with Gasteiger partial charge in [-0.05, 0) is 55.7 Å². The second-order valence-corrected chi connectivity index (χ2v) is 9.34. The Morgan fingerprint density at radius 2 is 1.94 bits per heavy atom. The van der Waals surface area contributed by atoms with Crippen molar-refractivity contribution in [3.8, 4) is 5.95 Å². The Hall–Kier alpha value is -2.96. The predicted octanol–water partition coefficient (Wildman–Crippen LogP) is 6.88. The van der Waals surface area contributed by atoms with Crippen molar-refractivity contribution in [2.45, 2.75) is 38.5 Å². The van der Waals surface area contributed by atoms with Gasteiger partial charge in [0.2, 0.25) is 0 Å². The van der Waals surface area contributed by atoms with Gasteiger partial charge in [0.1, 0.15) is 5.83 Å². The number of hydrogen-bond donors (Lipinski definition) is 0. The van der Waals surface area contributed by atoms with Crippen LogP contribution in [0.1, 0.15) is 42.6 Å². The molecule has 35 heavy (non-hydrogen) atoms. The lowest BCUT2D eigenvalue weighted by Gasteiger charge is -2.36. The van der Waals surface area contributed by atoms with Gasteiger partial charge in [-0.15, -0.1) is 0 Å². The van der Waals surface area contributed by atoms with Crippen LogP contribution in [0.2, 0.25) is 10.0 Å². The summed E-state index contributed by atoms with van der Waals surface area (Å²) in [5, 5.41) is 6.06. The molecule has 3 heterocycles. The molecule has 0 N–H and O–H groups in total. The number of benzene rings is 1. The first kappa shape index (κ1) is 25.1. The van der Waals surface area contributed by atoms with Crippen LogP contribution in [0.15, 0.2) is 79.1 Å². The second kappa shape index (κ2) is 11.6. The summed E-state index contributed by atoms with van der Waals surface area (Å²) in [6.45, 7) is 7.73. The molecular formula is C27H28Cl2FN5. The number of rotatable bonds is 8. The van der Waals surface area contributed by atoms with E-state index in [-0.39, 0.29) is 11.7 Å². The molecule has 2 aromatic heterocycles. The molecule has 182 valence electrons. The summed E-state index contributed by atoms with van der Waals surface area (Å²) in [5.74, 6) is 0.468. The van der Waals surface area contributed by atoms with Crippen molar-refractivity contribution in [3.05, 3.63) is 106 Å². The first-order chi connectivity index (χ1) is 17.0. The van der Waals surface area contributed by atoms with Crippen LogP contribution in [-0.2, 0) is 12.8 Å². The Morgan fingerprint density at radius 1 is 1.20 bits per heavy atom. The lowest BCUT2D eigenvalue weighted by Crippen LogP contribution is -2.35. The molecule has 4 rings (SSSR count). The fourth-order valence-electron chi connectivity index (χ4n) is 4.31. The maximum atomic E-state index is 13.5. The van der Waals surface area contributed by atoms with Gasteiger partial charge in [-0.3, -0.25) is 0 Å². The van der Waals surface area contributed by atoms with Crippen molar-refractivity contribution in [1.82, 2.24) is 24.6 Å². The molecule has 1 fully saturated rings. The molecule has 5 nitrogen and oxygen atoms in total. The highest BCUT2D eigenvalue weighted by atomic mass is 35.5. The van der Waals surface area contributed by atoms with E-state index in [2.05, 4.69) is 27.5 Å². The van der Waals surface area contributed by atoms with E-state index >= 15 is 0 Å². The maximum absolute atomic E-state index is 13.5. The number of allylic oxidation sites excluding steroid dienone is 5. The highest BCUT2D eigenvalue weighted by Gasteiger charge is 2.27. The van der Waals surface area contributed by atoms with Crippen LogP contribution in [0.5, 0.6) is 0 Å². The average Bonchev–Trinajstić information content (AvgIpc) is 3.31. The molecule has 0 saturated carbocycles. The van der Waals surface area contributed by atoms with Gasteiger partial charge in [0.25, 0.3) is 5.95 Å². The number of hydrogen-bond acceptors (Lipinski definition) is 4. The van der Waals surface area contributed by atoms with Crippen molar-refractivity contribution in [2.24, 2.45) is 0 Å². The molecule has 1 atom stereocenters. The zero-order valence-electron chi connectivity index (χ0n) is 19.7. The molecule has 0 bridgehead atoms. The SMILES string of the molecule is C=C(Cc1c(Cl)cccc1Cl)N1CCCC(c2cc(C/C=C\C(F)=C/C)nn2-c2ncccn2)C1. The lowest BCUT2D eigenvalue weighted by molar-refractivity contribution is 0.251. The van der Waals surface area contributed by atoms with Crippen molar-refractivity contribution >= 4 is 23.2 Å². The zero-order valence-corrected chi connectivity index (χ0v) is 21.2. The van der Waals surface area contributed by atoms with Gasteiger partial charge in [0, 0.05) is 60.0 Å². The van der Waals surface area contributed by atoms with Crippen LogP contribution >= 0.6 is 23.2 Å². The van der Waals surface area contributed by atoms with Crippen LogP contribution in [-0.4, -0.2) is 37.7 Å². The van der Waals surface area contributed by atoms with Crippen molar-refractivity contribution in [2.75, 3.05) is 13.1 Å². The molecule has 0 aliphatic carbocycles. The van der Waals surface area contributed by atoms with Gasteiger partial charge in [0.15, 0.2) is 0 Å². The normalized spacial score (nSPS) is 16.7. The molecule has 0 radical (unpaired) electrons. The molecular weight excluding hydrogens is 484 g/mol. The smallest absolute Gasteiger partial charge is 0.250 e. The Bertz CT molecular complexity index is 1220. The van der Waals surface area contributed by atoms with E-state index in [1.54, 1.807) is 31.5 Å². The quantitative estimate of drug-likeness (QED) is 0.309. The zero-order chi connectivity index (χ0) is 24.8. The predicted molar refractivity (Wildman–Crippen MR) is 140 cm³/mol. The van der Waals surface area contributed by atoms with E-state index in [1.807, 2.05) is 22.9 Å². The first-order valence-electron chi connectivity index (χ1n) is 11.7. The first-order valence-corrected chi connectivity index (χ1v) is 12.4. The summed E-state index contributed by atoms with van der Waals surface area (Å²) in [4.78, 5) is 11.1. The maximum Gasteiger partial charge on any atom is 0.250 e. The second-order valence-electron chi connectivity index (χ2n) is 8.53. The summed E-state index contributed by atoms with van der Waals surface area (Å²) in [7, 11) is 0. The summed E-state index contributed by atoms with van der Waals surface area (Å²) in [6.07, 6.45) is 11.2. The minimum absolute atomic E-state index is 0.212. The van der Waals surface area contributed by atoms with E-state index in [0.717, 1.165) is 48.6 Å². The number of nitrogens with zero attached hydrogens (tertiary/aromatic N) is 5. The summed E-state index contributed by atoms with van der Waals surface area (Å²) in [5.41, 5.74) is 3.76. The average molecular weight is 512 g/mol. The van der Waals surface area contributed by atoms with Gasteiger partial charge in [-0.25, -0.2) is 19.0 Å². The third-order valence-electron chi connectivity index (χ3n) is 6.14. The molecule has 1 saturated heterocycles. The molecule has 1 aromatic carbocycles.